The first kappa shape index (κ1) is 25.1. The first-order valence-electron chi connectivity index (χ1n) is 11.2. The molecule has 1 aromatic heterocycles. The zero-order chi connectivity index (χ0) is 25.7. The van der Waals surface area contributed by atoms with E-state index in [9.17, 15) is 4.79 Å². The maximum absolute atomic E-state index is 12.8. The average molecular weight is 507 g/mol. The highest BCUT2D eigenvalue weighted by Gasteiger charge is 2.16. The first-order valence-corrected chi connectivity index (χ1v) is 11.6. The van der Waals surface area contributed by atoms with E-state index in [4.69, 9.17) is 30.5 Å². The molecule has 0 amide bonds. The van der Waals surface area contributed by atoms with Gasteiger partial charge in [0.2, 0.25) is 0 Å². The third-order valence-corrected chi connectivity index (χ3v) is 6.18. The Bertz CT molecular complexity index is 1390. The van der Waals surface area contributed by atoms with Gasteiger partial charge in [-0.15, -0.1) is 0 Å². The van der Waals surface area contributed by atoms with Crippen molar-refractivity contribution < 1.29 is 23.7 Å². The van der Waals surface area contributed by atoms with Gasteiger partial charge < -0.3 is 24.3 Å². The van der Waals surface area contributed by atoms with E-state index in [1.165, 1.54) is 0 Å². The van der Waals surface area contributed by atoms with Crippen molar-refractivity contribution in [1.82, 2.24) is 4.98 Å². The summed E-state index contributed by atoms with van der Waals surface area (Å²) in [7, 11) is 6.38. The van der Waals surface area contributed by atoms with Gasteiger partial charge >= 0.3 is 0 Å². The number of carbonyl (C=O) groups is 1. The number of halogens is 1. The molecule has 0 bridgehead atoms. The van der Waals surface area contributed by atoms with Crippen LogP contribution in [0.5, 0.6) is 23.0 Å². The highest BCUT2D eigenvalue weighted by atomic mass is 35.5. The maximum atomic E-state index is 12.8. The number of hydrogen-bond acceptors (Lipinski definition) is 7. The molecule has 4 aromatic rings. The molecular formula is C28H27ClN2O5. The number of benzene rings is 3. The normalized spacial score (nSPS) is 10.7. The van der Waals surface area contributed by atoms with Crippen LogP contribution in [0.15, 0.2) is 60.8 Å². The van der Waals surface area contributed by atoms with Crippen molar-refractivity contribution in [2.45, 2.75) is 6.42 Å². The summed E-state index contributed by atoms with van der Waals surface area (Å²) < 4.78 is 22.0. The highest BCUT2D eigenvalue weighted by molar-refractivity contribution is 6.30. The quantitative estimate of drug-likeness (QED) is 0.272. The molecule has 3 aromatic carbocycles. The summed E-state index contributed by atoms with van der Waals surface area (Å²) in [5.41, 5.74) is 3.05. The summed E-state index contributed by atoms with van der Waals surface area (Å²) in [5.74, 6) is 2.35. The number of hydrogen-bond donors (Lipinski definition) is 1. The number of pyridine rings is 1. The minimum Gasteiger partial charge on any atom is -0.493 e. The number of ether oxygens (including phenoxy) is 4. The highest BCUT2D eigenvalue weighted by Crippen LogP contribution is 2.37. The van der Waals surface area contributed by atoms with Crippen LogP contribution in [0.2, 0.25) is 5.02 Å². The lowest BCUT2D eigenvalue weighted by atomic mass is 10.0. The van der Waals surface area contributed by atoms with Crippen molar-refractivity contribution in [3.63, 3.8) is 0 Å². The maximum Gasteiger partial charge on any atom is 0.181 e. The smallest absolute Gasteiger partial charge is 0.181 e. The number of carbonyl (C=O) groups excluding carboxylic acids is 1. The van der Waals surface area contributed by atoms with Crippen LogP contribution in [-0.2, 0) is 6.42 Å². The Morgan fingerprint density at radius 2 is 1.44 bits per heavy atom. The zero-order valence-electron chi connectivity index (χ0n) is 20.6. The predicted molar refractivity (Wildman–Crippen MR) is 141 cm³/mol. The molecule has 0 fully saturated rings. The molecule has 0 atom stereocenters. The fraction of sp³-hybridized carbons (Fsp3) is 0.214. The fourth-order valence-electron chi connectivity index (χ4n) is 4.03. The molecular weight excluding hydrogens is 480 g/mol. The molecule has 36 heavy (non-hydrogen) atoms. The predicted octanol–water partition coefficient (Wildman–Crippen LogP) is 5.81. The summed E-state index contributed by atoms with van der Waals surface area (Å²) in [6.07, 6.45) is 2.24. The molecule has 8 heteroatoms. The number of anilines is 1. The van der Waals surface area contributed by atoms with Gasteiger partial charge in [-0.25, -0.2) is 0 Å². The lowest BCUT2D eigenvalue weighted by molar-refractivity contribution is 0.101. The first-order chi connectivity index (χ1) is 17.5. The fourth-order valence-corrected chi connectivity index (χ4v) is 4.15. The summed E-state index contributed by atoms with van der Waals surface area (Å²) >= 11 is 5.95. The number of aromatic nitrogens is 1. The Hall–Kier alpha value is -3.97. The molecule has 0 saturated heterocycles. The number of ketones is 1. The van der Waals surface area contributed by atoms with E-state index in [-0.39, 0.29) is 12.3 Å². The SMILES string of the molecule is COc1cc(Cc2nccc3cc(OC)c(OC)cc23)c(NCC(=O)c2ccc(Cl)cc2)cc1OC. The summed E-state index contributed by atoms with van der Waals surface area (Å²) in [6.45, 7) is 0.0953. The Labute approximate surface area is 214 Å². The number of nitrogens with one attached hydrogen (secondary N) is 1. The largest absolute Gasteiger partial charge is 0.493 e. The average Bonchev–Trinajstić information content (AvgIpc) is 2.91. The van der Waals surface area contributed by atoms with Gasteiger partial charge in [0.25, 0.3) is 0 Å². The van der Waals surface area contributed by atoms with E-state index in [2.05, 4.69) is 10.3 Å². The van der Waals surface area contributed by atoms with Crippen molar-refractivity contribution in [1.29, 1.82) is 0 Å². The second-order valence-electron chi connectivity index (χ2n) is 8.01. The monoisotopic (exact) mass is 506 g/mol. The zero-order valence-corrected chi connectivity index (χ0v) is 21.3. The van der Waals surface area contributed by atoms with Crippen LogP contribution >= 0.6 is 11.6 Å². The minimum atomic E-state index is -0.0625. The molecule has 1 heterocycles. The van der Waals surface area contributed by atoms with Gasteiger partial charge in [-0.3, -0.25) is 9.78 Å². The number of Topliss-reactive ketones (excluding diaryl/α,β-unsaturated/α-hetero) is 1. The topological polar surface area (TPSA) is 78.9 Å². The molecule has 1 N–H and O–H groups in total. The molecule has 0 unspecified atom stereocenters. The Balaban J connectivity index is 1.70. The van der Waals surface area contributed by atoms with Crippen molar-refractivity contribution in [3.8, 4) is 23.0 Å². The van der Waals surface area contributed by atoms with Crippen LogP contribution in [-0.4, -0.2) is 45.8 Å². The molecule has 186 valence electrons. The van der Waals surface area contributed by atoms with Gasteiger partial charge in [0.1, 0.15) is 0 Å². The third kappa shape index (κ3) is 5.31. The molecule has 0 aliphatic heterocycles. The van der Waals surface area contributed by atoms with Crippen LogP contribution in [0.25, 0.3) is 10.8 Å². The van der Waals surface area contributed by atoms with Crippen LogP contribution in [0.3, 0.4) is 0 Å². The van der Waals surface area contributed by atoms with Crippen molar-refractivity contribution in [2.24, 2.45) is 0 Å². The van der Waals surface area contributed by atoms with E-state index < -0.39 is 0 Å². The molecule has 0 radical (unpaired) electrons. The van der Waals surface area contributed by atoms with E-state index in [1.54, 1.807) is 58.9 Å². The van der Waals surface area contributed by atoms with Gasteiger partial charge in [-0.1, -0.05) is 11.6 Å². The van der Waals surface area contributed by atoms with E-state index >= 15 is 0 Å². The number of nitrogens with zero attached hydrogens (tertiary/aromatic N) is 1. The van der Waals surface area contributed by atoms with Gasteiger partial charge in [-0.2, -0.15) is 0 Å². The summed E-state index contributed by atoms with van der Waals surface area (Å²) in [6, 6.07) is 16.3. The molecule has 7 nitrogen and oxygen atoms in total. The molecule has 0 spiro atoms. The standard InChI is InChI=1S/C28H27ClN2O5/c1-33-25-12-18-9-10-30-23(21(18)14-27(25)35-3)11-19-13-26(34-2)28(36-4)15-22(19)31-16-24(32)17-5-7-20(29)8-6-17/h5-10,12-15,31H,11,16H2,1-4H3. The van der Waals surface area contributed by atoms with E-state index in [0.29, 0.717) is 40.0 Å². The summed E-state index contributed by atoms with van der Waals surface area (Å²) in [4.78, 5) is 17.4. The van der Waals surface area contributed by atoms with E-state index in [0.717, 1.165) is 27.7 Å². The minimum absolute atomic E-state index is 0.0625. The van der Waals surface area contributed by atoms with E-state index in [1.807, 2.05) is 30.3 Å². The third-order valence-electron chi connectivity index (χ3n) is 5.92. The van der Waals surface area contributed by atoms with Crippen molar-refractivity contribution in [2.75, 3.05) is 40.3 Å². The van der Waals surface area contributed by atoms with Gasteiger partial charge in [0.05, 0.1) is 40.7 Å². The summed E-state index contributed by atoms with van der Waals surface area (Å²) in [5, 5.41) is 5.77. The lowest BCUT2D eigenvalue weighted by Crippen LogP contribution is -2.15. The Morgan fingerprint density at radius 3 is 2.11 bits per heavy atom. The van der Waals surface area contributed by atoms with Crippen LogP contribution in [0.4, 0.5) is 5.69 Å². The molecule has 0 aliphatic rings. The van der Waals surface area contributed by atoms with Crippen molar-refractivity contribution >= 4 is 33.8 Å². The van der Waals surface area contributed by atoms with Crippen LogP contribution in [0, 0.1) is 0 Å². The van der Waals surface area contributed by atoms with Gasteiger partial charge in [-0.05, 0) is 59.5 Å². The number of fused-ring (bicyclic) bond motifs is 1. The molecule has 0 saturated carbocycles. The Kier molecular flexibility index (Phi) is 7.80. The second kappa shape index (κ2) is 11.2. The van der Waals surface area contributed by atoms with Crippen LogP contribution in [0.1, 0.15) is 21.6 Å². The number of methoxy groups -OCH3 is 4. The van der Waals surface area contributed by atoms with Crippen LogP contribution < -0.4 is 24.3 Å². The molecule has 4 rings (SSSR count). The Morgan fingerprint density at radius 1 is 0.833 bits per heavy atom. The van der Waals surface area contributed by atoms with Gasteiger partial charge in [0, 0.05) is 40.3 Å². The lowest BCUT2D eigenvalue weighted by Gasteiger charge is -2.17. The van der Waals surface area contributed by atoms with Crippen molar-refractivity contribution in [3.05, 3.63) is 82.6 Å². The number of rotatable bonds is 10. The second-order valence-corrected chi connectivity index (χ2v) is 8.45. The van der Waals surface area contributed by atoms with Gasteiger partial charge in [0.15, 0.2) is 28.8 Å². The molecule has 0 aliphatic carbocycles.